The minimum Gasteiger partial charge on any atom is -0.481 e. The Hall–Kier alpha value is -2.91. The highest BCUT2D eigenvalue weighted by Crippen LogP contribution is 2.26. The van der Waals surface area contributed by atoms with Crippen LogP contribution in [-0.2, 0) is 19.6 Å². The third-order valence-electron chi connectivity index (χ3n) is 5.79. The Morgan fingerprint density at radius 2 is 1.69 bits per heavy atom. The third-order valence-corrected chi connectivity index (χ3v) is 7.71. The first-order valence-electron chi connectivity index (χ1n) is 10.8. The van der Waals surface area contributed by atoms with Gasteiger partial charge < -0.3 is 14.5 Å². The molecule has 2 amide bonds. The van der Waals surface area contributed by atoms with E-state index in [4.69, 9.17) is 4.74 Å². The van der Waals surface area contributed by atoms with E-state index in [1.54, 1.807) is 65.3 Å². The van der Waals surface area contributed by atoms with Gasteiger partial charge in [-0.2, -0.15) is 4.31 Å². The molecule has 0 radical (unpaired) electrons. The van der Waals surface area contributed by atoms with E-state index in [-0.39, 0.29) is 29.8 Å². The lowest BCUT2D eigenvalue weighted by Gasteiger charge is -2.35. The second-order valence-corrected chi connectivity index (χ2v) is 9.89. The molecule has 2 heterocycles. The van der Waals surface area contributed by atoms with Crippen molar-refractivity contribution in [2.75, 3.05) is 37.6 Å². The minimum absolute atomic E-state index is 0.0922. The van der Waals surface area contributed by atoms with E-state index < -0.39 is 16.1 Å². The third kappa shape index (κ3) is 4.63. The van der Waals surface area contributed by atoms with Gasteiger partial charge in [0.05, 0.1) is 4.90 Å². The lowest BCUT2D eigenvalue weighted by atomic mass is 10.2. The maximum absolute atomic E-state index is 12.9. The zero-order chi connectivity index (χ0) is 22.7. The number of hydrogen-bond donors (Lipinski definition) is 0. The molecule has 2 aromatic rings. The van der Waals surface area contributed by atoms with Crippen LogP contribution in [0.3, 0.4) is 0 Å². The van der Waals surface area contributed by atoms with Gasteiger partial charge in [0.1, 0.15) is 5.75 Å². The zero-order valence-corrected chi connectivity index (χ0v) is 18.8. The maximum Gasteiger partial charge on any atom is 0.263 e. The number of amides is 2. The molecule has 0 unspecified atom stereocenters. The second kappa shape index (κ2) is 9.30. The van der Waals surface area contributed by atoms with Crippen LogP contribution in [0.2, 0.25) is 0 Å². The Morgan fingerprint density at radius 1 is 0.969 bits per heavy atom. The van der Waals surface area contributed by atoms with Gasteiger partial charge in [-0.05, 0) is 37.6 Å². The van der Waals surface area contributed by atoms with Gasteiger partial charge in [0.15, 0.2) is 6.10 Å². The van der Waals surface area contributed by atoms with E-state index in [1.807, 2.05) is 6.07 Å². The van der Waals surface area contributed by atoms with Gasteiger partial charge >= 0.3 is 0 Å². The summed E-state index contributed by atoms with van der Waals surface area (Å²) in [6.07, 6.45) is 0.660. The number of nitrogens with zero attached hydrogens (tertiary/aromatic N) is 3. The minimum atomic E-state index is -3.57. The van der Waals surface area contributed by atoms with Crippen molar-refractivity contribution in [1.29, 1.82) is 0 Å². The Labute approximate surface area is 188 Å². The molecule has 0 bridgehead atoms. The summed E-state index contributed by atoms with van der Waals surface area (Å²) < 4.78 is 32.8. The molecule has 2 aromatic carbocycles. The summed E-state index contributed by atoms with van der Waals surface area (Å²) in [6, 6.07) is 15.5. The van der Waals surface area contributed by atoms with Crippen molar-refractivity contribution in [3.8, 4) is 5.75 Å². The molecule has 170 valence electrons. The molecule has 2 aliphatic rings. The second-order valence-electron chi connectivity index (χ2n) is 7.95. The zero-order valence-electron chi connectivity index (χ0n) is 18.0. The molecule has 0 saturated carbocycles. The predicted molar refractivity (Wildman–Crippen MR) is 120 cm³/mol. The van der Waals surface area contributed by atoms with Crippen LogP contribution >= 0.6 is 0 Å². The molecule has 0 N–H and O–H groups in total. The van der Waals surface area contributed by atoms with E-state index >= 15 is 0 Å². The van der Waals surface area contributed by atoms with Gasteiger partial charge in [-0.15, -0.1) is 0 Å². The molecular formula is C23H27N3O5S. The Kier molecular flexibility index (Phi) is 6.48. The van der Waals surface area contributed by atoms with Crippen molar-refractivity contribution < 1.29 is 22.7 Å². The molecular weight excluding hydrogens is 430 g/mol. The highest BCUT2D eigenvalue weighted by Gasteiger charge is 2.32. The normalized spacial score (nSPS) is 18.6. The quantitative estimate of drug-likeness (QED) is 0.663. The molecule has 2 fully saturated rings. The van der Waals surface area contributed by atoms with Gasteiger partial charge in [-0.3, -0.25) is 9.59 Å². The number of benzene rings is 2. The van der Waals surface area contributed by atoms with E-state index in [0.29, 0.717) is 31.8 Å². The lowest BCUT2D eigenvalue weighted by Crippen LogP contribution is -2.53. The molecule has 32 heavy (non-hydrogen) atoms. The average molecular weight is 458 g/mol. The standard InChI is InChI=1S/C23H27N3O5S/c1-18(31-20-8-5-7-19(17-20)26-12-6-11-22(26)27)23(28)24-13-15-25(16-14-24)32(29,30)21-9-3-2-4-10-21/h2-5,7-10,17-18H,6,11-16H2,1H3/t18-/m1/s1. The molecule has 1 atom stereocenters. The largest absolute Gasteiger partial charge is 0.481 e. The van der Waals surface area contributed by atoms with E-state index in [9.17, 15) is 18.0 Å². The smallest absolute Gasteiger partial charge is 0.263 e. The van der Waals surface area contributed by atoms with E-state index in [1.165, 1.54) is 4.31 Å². The summed E-state index contributed by atoms with van der Waals surface area (Å²) in [5.41, 5.74) is 0.768. The maximum atomic E-state index is 12.9. The Balaban J connectivity index is 1.35. The summed E-state index contributed by atoms with van der Waals surface area (Å²) >= 11 is 0. The van der Waals surface area contributed by atoms with Gasteiger partial charge in [0.2, 0.25) is 15.9 Å². The molecule has 0 aliphatic carbocycles. The first-order valence-corrected chi connectivity index (χ1v) is 12.2. The van der Waals surface area contributed by atoms with Crippen LogP contribution in [-0.4, -0.2) is 68.3 Å². The summed E-state index contributed by atoms with van der Waals surface area (Å²) in [4.78, 5) is 28.5. The fourth-order valence-corrected chi connectivity index (χ4v) is 5.49. The van der Waals surface area contributed by atoms with Gasteiger partial charge in [0, 0.05) is 50.9 Å². The van der Waals surface area contributed by atoms with Crippen LogP contribution < -0.4 is 9.64 Å². The lowest BCUT2D eigenvalue weighted by molar-refractivity contribution is -0.139. The van der Waals surface area contributed by atoms with E-state index in [2.05, 4.69) is 0 Å². The predicted octanol–water partition coefficient (Wildman–Crippen LogP) is 2.11. The summed E-state index contributed by atoms with van der Waals surface area (Å²) in [7, 11) is -3.57. The molecule has 0 aromatic heterocycles. The van der Waals surface area contributed by atoms with Crippen molar-refractivity contribution in [2.24, 2.45) is 0 Å². The molecule has 4 rings (SSSR count). The van der Waals surface area contributed by atoms with Crippen molar-refractivity contribution in [2.45, 2.75) is 30.8 Å². The first-order chi connectivity index (χ1) is 15.4. The summed E-state index contributed by atoms with van der Waals surface area (Å²) in [6.45, 7) is 3.46. The number of sulfonamides is 1. The van der Waals surface area contributed by atoms with Crippen molar-refractivity contribution in [3.05, 3.63) is 54.6 Å². The molecule has 2 aliphatic heterocycles. The summed E-state index contributed by atoms with van der Waals surface area (Å²) in [5.74, 6) is 0.423. The Morgan fingerprint density at radius 3 is 2.34 bits per heavy atom. The summed E-state index contributed by atoms with van der Waals surface area (Å²) in [5, 5.41) is 0. The van der Waals surface area contributed by atoms with E-state index in [0.717, 1.165) is 12.1 Å². The number of anilines is 1. The highest BCUT2D eigenvalue weighted by molar-refractivity contribution is 7.89. The molecule has 0 spiro atoms. The van der Waals surface area contributed by atoms with Gasteiger partial charge in [-0.1, -0.05) is 24.3 Å². The fourth-order valence-electron chi connectivity index (χ4n) is 4.05. The molecule has 2 saturated heterocycles. The van der Waals surface area contributed by atoms with Crippen molar-refractivity contribution in [1.82, 2.24) is 9.21 Å². The van der Waals surface area contributed by atoms with Crippen LogP contribution in [0, 0.1) is 0 Å². The van der Waals surface area contributed by atoms with Crippen LogP contribution in [0.4, 0.5) is 5.69 Å². The number of carbonyl (C=O) groups is 2. The van der Waals surface area contributed by atoms with Crippen molar-refractivity contribution in [3.63, 3.8) is 0 Å². The topological polar surface area (TPSA) is 87.2 Å². The average Bonchev–Trinajstić information content (AvgIpc) is 3.25. The van der Waals surface area contributed by atoms with Gasteiger partial charge in [-0.25, -0.2) is 8.42 Å². The number of hydrogen-bond acceptors (Lipinski definition) is 5. The number of piperazine rings is 1. The monoisotopic (exact) mass is 457 g/mol. The number of carbonyl (C=O) groups excluding carboxylic acids is 2. The van der Waals surface area contributed by atoms with Crippen LogP contribution in [0.5, 0.6) is 5.75 Å². The first kappa shape index (κ1) is 22.3. The molecule has 9 heteroatoms. The fraction of sp³-hybridized carbons (Fsp3) is 0.391. The highest BCUT2D eigenvalue weighted by atomic mass is 32.2. The Bertz CT molecular complexity index is 1080. The van der Waals surface area contributed by atoms with Crippen molar-refractivity contribution >= 4 is 27.5 Å². The number of ether oxygens (including phenoxy) is 1. The van der Waals surface area contributed by atoms with Crippen LogP contribution in [0.1, 0.15) is 19.8 Å². The van der Waals surface area contributed by atoms with Crippen LogP contribution in [0.15, 0.2) is 59.5 Å². The SMILES string of the molecule is C[C@@H](Oc1cccc(N2CCCC2=O)c1)C(=O)N1CCN(S(=O)(=O)c2ccccc2)CC1. The van der Waals surface area contributed by atoms with Gasteiger partial charge in [0.25, 0.3) is 5.91 Å². The molecule has 8 nitrogen and oxygen atoms in total. The number of rotatable bonds is 6. The van der Waals surface area contributed by atoms with Crippen LogP contribution in [0.25, 0.3) is 0 Å².